The highest BCUT2D eigenvalue weighted by molar-refractivity contribution is 6.41. The number of nitrogens with one attached hydrogen (secondary N) is 2. The fraction of sp³-hybridized carbons (Fsp3) is 0.500. The quantitative estimate of drug-likeness (QED) is 0.357. The number of hydrogen-bond acceptors (Lipinski definition) is 7. The molecule has 0 spiro atoms. The molecule has 1 saturated heterocycles. The summed E-state index contributed by atoms with van der Waals surface area (Å²) in [4.78, 5) is 25.9. The van der Waals surface area contributed by atoms with Crippen molar-refractivity contribution in [3.8, 4) is 0 Å². The summed E-state index contributed by atoms with van der Waals surface area (Å²) in [5.41, 5.74) is 7.41. The molecule has 2 aliphatic rings. The highest BCUT2D eigenvalue weighted by atomic mass is 35.5. The minimum absolute atomic E-state index is 0.0591. The standard InChI is InChI=1S/C24H28Cl3N7O2/c1-12-8-15(6-7-36-12)30-23-29-11-19-22(33-23)34(16-4-2-13(3-5-16)21(28)35)24(31-19)32-20-17(26)9-14(25)10-18(20)27/h9-13,15-16H,2-8H2,1H3,(H2,28,35)(H,31,32)(H,29,30,33). The summed E-state index contributed by atoms with van der Waals surface area (Å²) < 4.78 is 7.72. The number of anilines is 3. The minimum Gasteiger partial charge on any atom is -0.378 e. The molecule has 2 fully saturated rings. The Morgan fingerprint density at radius 1 is 1.11 bits per heavy atom. The second kappa shape index (κ2) is 10.6. The van der Waals surface area contributed by atoms with Gasteiger partial charge in [0.15, 0.2) is 5.65 Å². The molecule has 2 aromatic heterocycles. The average molecular weight is 553 g/mol. The van der Waals surface area contributed by atoms with Crippen molar-refractivity contribution in [1.29, 1.82) is 0 Å². The van der Waals surface area contributed by atoms with E-state index in [9.17, 15) is 4.79 Å². The van der Waals surface area contributed by atoms with Gasteiger partial charge in [0.1, 0.15) is 5.52 Å². The van der Waals surface area contributed by atoms with Crippen LogP contribution in [0.3, 0.4) is 0 Å². The molecule has 3 heterocycles. The Morgan fingerprint density at radius 3 is 2.50 bits per heavy atom. The number of carbonyl (C=O) groups excluding carboxylic acids is 1. The number of ether oxygens (including phenoxy) is 1. The number of aromatic nitrogens is 4. The molecule has 192 valence electrons. The number of primary amides is 1. The number of halogens is 3. The van der Waals surface area contributed by atoms with Crippen LogP contribution in [0.4, 0.5) is 17.6 Å². The van der Waals surface area contributed by atoms with Crippen molar-refractivity contribution in [3.05, 3.63) is 33.4 Å². The Bertz CT molecular complexity index is 1250. The second-order valence-corrected chi connectivity index (χ2v) is 10.8. The van der Waals surface area contributed by atoms with Crippen LogP contribution in [0.5, 0.6) is 0 Å². The zero-order chi connectivity index (χ0) is 25.4. The van der Waals surface area contributed by atoms with Crippen molar-refractivity contribution in [2.45, 2.75) is 63.6 Å². The monoisotopic (exact) mass is 551 g/mol. The maximum Gasteiger partial charge on any atom is 0.224 e. The molecule has 3 aromatic rings. The average Bonchev–Trinajstić information content (AvgIpc) is 3.18. The smallest absolute Gasteiger partial charge is 0.224 e. The van der Waals surface area contributed by atoms with Gasteiger partial charge >= 0.3 is 0 Å². The summed E-state index contributed by atoms with van der Waals surface area (Å²) in [5, 5.41) is 7.96. The number of fused-ring (bicyclic) bond motifs is 1. The van der Waals surface area contributed by atoms with Crippen molar-refractivity contribution in [2.24, 2.45) is 11.7 Å². The van der Waals surface area contributed by atoms with Crippen LogP contribution >= 0.6 is 34.8 Å². The van der Waals surface area contributed by atoms with E-state index in [-0.39, 0.29) is 30.0 Å². The third-order valence-corrected chi connectivity index (χ3v) is 7.77. The lowest BCUT2D eigenvalue weighted by atomic mass is 9.85. The Kier molecular flexibility index (Phi) is 7.44. The van der Waals surface area contributed by atoms with Crippen LogP contribution in [-0.4, -0.2) is 44.2 Å². The Morgan fingerprint density at radius 2 is 1.83 bits per heavy atom. The molecule has 5 rings (SSSR count). The number of imidazole rings is 1. The first-order valence-electron chi connectivity index (χ1n) is 12.1. The van der Waals surface area contributed by atoms with E-state index in [0.29, 0.717) is 63.3 Å². The van der Waals surface area contributed by atoms with Crippen LogP contribution in [0.1, 0.15) is 51.5 Å². The molecular formula is C24H28Cl3N7O2. The van der Waals surface area contributed by atoms with Crippen molar-refractivity contribution < 1.29 is 9.53 Å². The van der Waals surface area contributed by atoms with E-state index in [4.69, 9.17) is 55.2 Å². The maximum atomic E-state index is 11.7. The molecule has 0 radical (unpaired) electrons. The predicted molar refractivity (Wildman–Crippen MR) is 142 cm³/mol. The topological polar surface area (TPSA) is 120 Å². The summed E-state index contributed by atoms with van der Waals surface area (Å²) in [6.07, 6.45) is 6.63. The lowest BCUT2D eigenvalue weighted by molar-refractivity contribution is -0.122. The third kappa shape index (κ3) is 5.34. The van der Waals surface area contributed by atoms with E-state index in [1.54, 1.807) is 18.3 Å². The van der Waals surface area contributed by atoms with Gasteiger partial charge in [0, 0.05) is 29.6 Å². The van der Waals surface area contributed by atoms with Gasteiger partial charge in [-0.25, -0.2) is 9.97 Å². The van der Waals surface area contributed by atoms with Crippen LogP contribution in [0.2, 0.25) is 15.1 Å². The largest absolute Gasteiger partial charge is 0.378 e. The van der Waals surface area contributed by atoms with E-state index in [1.165, 1.54) is 0 Å². The van der Waals surface area contributed by atoms with Crippen LogP contribution in [0.25, 0.3) is 11.2 Å². The van der Waals surface area contributed by atoms with Crippen molar-refractivity contribution >= 4 is 69.5 Å². The normalized spacial score (nSPS) is 24.6. The van der Waals surface area contributed by atoms with Gasteiger partial charge in [-0.2, -0.15) is 4.98 Å². The lowest BCUT2D eigenvalue weighted by Crippen LogP contribution is -2.33. The first kappa shape index (κ1) is 25.3. The zero-order valence-electron chi connectivity index (χ0n) is 19.8. The highest BCUT2D eigenvalue weighted by Gasteiger charge is 2.30. The van der Waals surface area contributed by atoms with Gasteiger partial charge in [0.2, 0.25) is 17.8 Å². The molecule has 9 nitrogen and oxygen atoms in total. The molecule has 2 unspecified atom stereocenters. The first-order valence-corrected chi connectivity index (χ1v) is 13.3. The minimum atomic E-state index is -0.249. The highest BCUT2D eigenvalue weighted by Crippen LogP contribution is 2.40. The maximum absolute atomic E-state index is 11.7. The zero-order valence-corrected chi connectivity index (χ0v) is 22.1. The van der Waals surface area contributed by atoms with Gasteiger partial charge < -0.3 is 21.1 Å². The van der Waals surface area contributed by atoms with Crippen molar-refractivity contribution in [3.63, 3.8) is 0 Å². The molecule has 12 heteroatoms. The summed E-state index contributed by atoms with van der Waals surface area (Å²) >= 11 is 19.0. The Hall–Kier alpha value is -2.33. The van der Waals surface area contributed by atoms with Crippen LogP contribution in [0.15, 0.2) is 18.3 Å². The molecule has 1 amide bonds. The molecule has 1 aliphatic carbocycles. The number of benzene rings is 1. The number of nitrogens with zero attached hydrogens (tertiary/aromatic N) is 4. The van der Waals surface area contributed by atoms with E-state index in [0.717, 1.165) is 25.7 Å². The van der Waals surface area contributed by atoms with Gasteiger partial charge in [0.05, 0.1) is 28.0 Å². The van der Waals surface area contributed by atoms with E-state index >= 15 is 0 Å². The Labute approximate surface area is 224 Å². The molecule has 1 aromatic carbocycles. The van der Waals surface area contributed by atoms with Crippen LogP contribution < -0.4 is 16.4 Å². The fourth-order valence-electron chi connectivity index (χ4n) is 5.10. The van der Waals surface area contributed by atoms with E-state index < -0.39 is 0 Å². The lowest BCUT2D eigenvalue weighted by Gasteiger charge is -2.29. The Balaban J connectivity index is 1.51. The van der Waals surface area contributed by atoms with Crippen molar-refractivity contribution in [2.75, 3.05) is 17.2 Å². The van der Waals surface area contributed by atoms with Crippen molar-refractivity contribution in [1.82, 2.24) is 19.5 Å². The number of hydrogen-bond donors (Lipinski definition) is 3. The molecule has 0 bridgehead atoms. The number of rotatable bonds is 6. The number of amides is 1. The number of carbonyl (C=O) groups is 1. The van der Waals surface area contributed by atoms with Crippen LogP contribution in [0, 0.1) is 5.92 Å². The molecule has 4 N–H and O–H groups in total. The first-order chi connectivity index (χ1) is 17.3. The summed E-state index contributed by atoms with van der Waals surface area (Å²) in [5.74, 6) is 0.726. The fourth-order valence-corrected chi connectivity index (χ4v) is 6.01. The molecule has 36 heavy (non-hydrogen) atoms. The van der Waals surface area contributed by atoms with Gasteiger partial charge in [-0.3, -0.25) is 9.36 Å². The van der Waals surface area contributed by atoms with Gasteiger partial charge in [-0.05, 0) is 57.6 Å². The van der Waals surface area contributed by atoms with Gasteiger partial charge in [-0.15, -0.1) is 0 Å². The van der Waals surface area contributed by atoms with E-state index in [2.05, 4.69) is 27.1 Å². The van der Waals surface area contributed by atoms with Gasteiger partial charge in [-0.1, -0.05) is 34.8 Å². The molecule has 2 atom stereocenters. The van der Waals surface area contributed by atoms with Crippen LogP contribution in [-0.2, 0) is 9.53 Å². The predicted octanol–water partition coefficient (Wildman–Crippen LogP) is 5.73. The summed E-state index contributed by atoms with van der Waals surface area (Å²) in [6, 6.07) is 3.54. The second-order valence-electron chi connectivity index (χ2n) is 9.53. The summed E-state index contributed by atoms with van der Waals surface area (Å²) in [7, 11) is 0. The third-order valence-electron chi connectivity index (χ3n) is 6.96. The SMILES string of the molecule is CC1CC(Nc2ncc3nc(Nc4c(Cl)cc(Cl)cc4Cl)n(C4CCC(C(N)=O)CC4)c3n2)CCO1. The molecule has 1 saturated carbocycles. The summed E-state index contributed by atoms with van der Waals surface area (Å²) in [6.45, 7) is 2.78. The number of nitrogens with two attached hydrogens (primary N) is 1. The molecule has 1 aliphatic heterocycles. The van der Waals surface area contributed by atoms with Gasteiger partial charge in [0.25, 0.3) is 0 Å². The molecular weight excluding hydrogens is 525 g/mol. The van der Waals surface area contributed by atoms with E-state index in [1.807, 2.05) is 0 Å².